The topological polar surface area (TPSA) is 17.4 Å². The summed E-state index contributed by atoms with van der Waals surface area (Å²) in [5, 5.41) is 2.61. The SMILES string of the molecule is CCCCN(CCCC)c1ccc2cc(/C=C/c3cccc[nH+]3)ccc2c1. The van der Waals surface area contributed by atoms with Gasteiger partial charge in [0.15, 0.2) is 6.20 Å². The number of unbranched alkanes of at least 4 members (excludes halogenated alkanes) is 2. The number of nitrogens with one attached hydrogen (secondary N) is 1. The van der Waals surface area contributed by atoms with Crippen molar-refractivity contribution in [1.82, 2.24) is 0 Å². The second-order valence-electron chi connectivity index (χ2n) is 7.14. The minimum atomic E-state index is 1.11. The largest absolute Gasteiger partial charge is 0.372 e. The Hall–Kier alpha value is -2.61. The van der Waals surface area contributed by atoms with Crippen LogP contribution >= 0.6 is 0 Å². The van der Waals surface area contributed by atoms with E-state index in [2.05, 4.69) is 78.3 Å². The van der Waals surface area contributed by atoms with Crippen LogP contribution in [0.15, 0.2) is 60.8 Å². The third-order valence-corrected chi connectivity index (χ3v) is 4.96. The predicted molar refractivity (Wildman–Crippen MR) is 118 cm³/mol. The first-order valence-corrected chi connectivity index (χ1v) is 10.2. The van der Waals surface area contributed by atoms with Crippen LogP contribution in [0.3, 0.4) is 0 Å². The van der Waals surface area contributed by atoms with Crippen molar-refractivity contribution >= 4 is 28.6 Å². The molecule has 0 aliphatic heterocycles. The molecule has 0 aliphatic rings. The van der Waals surface area contributed by atoms with E-state index in [9.17, 15) is 0 Å². The minimum Gasteiger partial charge on any atom is -0.372 e. The van der Waals surface area contributed by atoms with E-state index >= 15 is 0 Å². The van der Waals surface area contributed by atoms with Crippen LogP contribution in [0.1, 0.15) is 50.8 Å². The molecule has 0 aliphatic carbocycles. The highest BCUT2D eigenvalue weighted by molar-refractivity contribution is 5.88. The average Bonchev–Trinajstić information content (AvgIpc) is 2.72. The Balaban J connectivity index is 1.80. The molecule has 1 aromatic heterocycles. The Labute approximate surface area is 163 Å². The average molecular weight is 360 g/mol. The van der Waals surface area contributed by atoms with Crippen molar-refractivity contribution in [3.8, 4) is 0 Å². The zero-order chi connectivity index (χ0) is 18.9. The van der Waals surface area contributed by atoms with E-state index in [1.807, 2.05) is 18.3 Å². The molecule has 1 N–H and O–H groups in total. The van der Waals surface area contributed by atoms with Crippen LogP contribution in [0.5, 0.6) is 0 Å². The lowest BCUT2D eigenvalue weighted by atomic mass is 10.0. The number of aromatic amines is 1. The number of aromatic nitrogens is 1. The van der Waals surface area contributed by atoms with Crippen LogP contribution in [-0.2, 0) is 0 Å². The van der Waals surface area contributed by atoms with Gasteiger partial charge in [-0.2, -0.15) is 0 Å². The van der Waals surface area contributed by atoms with E-state index in [1.165, 1.54) is 47.7 Å². The lowest BCUT2D eigenvalue weighted by Crippen LogP contribution is -2.25. The number of hydrogen-bond acceptors (Lipinski definition) is 1. The van der Waals surface area contributed by atoms with Gasteiger partial charge in [-0.25, -0.2) is 4.98 Å². The summed E-state index contributed by atoms with van der Waals surface area (Å²) in [6.07, 6.45) is 11.2. The van der Waals surface area contributed by atoms with Crippen LogP contribution in [0.25, 0.3) is 22.9 Å². The van der Waals surface area contributed by atoms with Gasteiger partial charge in [-0.05, 0) is 59.5 Å². The molecule has 140 valence electrons. The monoisotopic (exact) mass is 359 g/mol. The van der Waals surface area contributed by atoms with Crippen LogP contribution in [-0.4, -0.2) is 13.1 Å². The summed E-state index contributed by atoms with van der Waals surface area (Å²) < 4.78 is 0. The number of anilines is 1. The number of benzene rings is 2. The fraction of sp³-hybridized carbons (Fsp3) is 0.320. The molecule has 0 atom stereocenters. The van der Waals surface area contributed by atoms with Crippen molar-refractivity contribution in [2.75, 3.05) is 18.0 Å². The first-order chi connectivity index (χ1) is 13.3. The molecule has 0 spiro atoms. The highest BCUT2D eigenvalue weighted by Crippen LogP contribution is 2.24. The predicted octanol–water partition coefficient (Wildman–Crippen LogP) is 6.23. The molecule has 1 heterocycles. The van der Waals surface area contributed by atoms with Gasteiger partial charge < -0.3 is 4.90 Å². The highest BCUT2D eigenvalue weighted by atomic mass is 15.1. The normalized spacial score (nSPS) is 11.3. The third kappa shape index (κ3) is 5.43. The molecule has 3 rings (SSSR count). The maximum Gasteiger partial charge on any atom is 0.203 e. The van der Waals surface area contributed by atoms with E-state index in [1.54, 1.807) is 0 Å². The number of fused-ring (bicyclic) bond motifs is 1. The summed E-state index contributed by atoms with van der Waals surface area (Å²) in [7, 11) is 0. The first-order valence-electron chi connectivity index (χ1n) is 10.2. The number of rotatable bonds is 9. The molecule has 0 amide bonds. The van der Waals surface area contributed by atoms with E-state index in [-0.39, 0.29) is 0 Å². The van der Waals surface area contributed by atoms with Crippen molar-refractivity contribution in [2.45, 2.75) is 39.5 Å². The van der Waals surface area contributed by atoms with Gasteiger partial charge in [-0.1, -0.05) is 44.9 Å². The Morgan fingerprint density at radius 1 is 0.815 bits per heavy atom. The molecule has 0 saturated heterocycles. The van der Waals surface area contributed by atoms with Crippen LogP contribution in [0.2, 0.25) is 0 Å². The van der Waals surface area contributed by atoms with Gasteiger partial charge in [0.1, 0.15) is 0 Å². The molecule has 0 saturated carbocycles. The van der Waals surface area contributed by atoms with E-state index in [4.69, 9.17) is 0 Å². The smallest absolute Gasteiger partial charge is 0.203 e. The van der Waals surface area contributed by atoms with E-state index in [0.717, 1.165) is 18.8 Å². The highest BCUT2D eigenvalue weighted by Gasteiger charge is 2.07. The molecule has 2 aromatic carbocycles. The summed E-state index contributed by atoms with van der Waals surface area (Å²) in [5.41, 5.74) is 3.68. The van der Waals surface area contributed by atoms with Crippen LogP contribution in [0.4, 0.5) is 5.69 Å². The molecular formula is C25H31N2+. The van der Waals surface area contributed by atoms with Crippen molar-refractivity contribution in [1.29, 1.82) is 0 Å². The number of nitrogens with zero attached hydrogens (tertiary/aromatic N) is 1. The molecule has 3 aromatic rings. The minimum absolute atomic E-state index is 1.11. The number of H-pyrrole nitrogens is 1. The van der Waals surface area contributed by atoms with Gasteiger partial charge in [-0.3, -0.25) is 0 Å². The maximum atomic E-state index is 3.24. The van der Waals surface area contributed by atoms with Crippen LogP contribution in [0, 0.1) is 0 Å². The second-order valence-corrected chi connectivity index (χ2v) is 7.14. The molecule has 2 nitrogen and oxygen atoms in total. The van der Waals surface area contributed by atoms with Crippen LogP contribution < -0.4 is 9.88 Å². The van der Waals surface area contributed by atoms with Gasteiger partial charge in [0.05, 0.1) is 0 Å². The zero-order valence-corrected chi connectivity index (χ0v) is 16.6. The number of hydrogen-bond donors (Lipinski definition) is 0. The van der Waals surface area contributed by atoms with Gasteiger partial charge >= 0.3 is 0 Å². The summed E-state index contributed by atoms with van der Waals surface area (Å²) >= 11 is 0. The summed E-state index contributed by atoms with van der Waals surface area (Å²) in [5.74, 6) is 0. The summed E-state index contributed by atoms with van der Waals surface area (Å²) in [6, 6.07) is 19.7. The molecule has 0 bridgehead atoms. The third-order valence-electron chi connectivity index (χ3n) is 4.96. The lowest BCUT2D eigenvalue weighted by molar-refractivity contribution is -0.380. The second kappa shape index (κ2) is 9.91. The van der Waals surface area contributed by atoms with Crippen molar-refractivity contribution in [3.63, 3.8) is 0 Å². The van der Waals surface area contributed by atoms with E-state index < -0.39 is 0 Å². The Bertz CT molecular complexity index is 860. The Morgan fingerprint density at radius 2 is 1.56 bits per heavy atom. The fourth-order valence-electron chi connectivity index (χ4n) is 3.32. The van der Waals surface area contributed by atoms with Crippen molar-refractivity contribution in [3.05, 3.63) is 72.1 Å². The molecule has 0 unspecified atom stereocenters. The summed E-state index contributed by atoms with van der Waals surface area (Å²) in [6.45, 7) is 6.83. The zero-order valence-electron chi connectivity index (χ0n) is 16.6. The molecule has 2 heteroatoms. The first kappa shape index (κ1) is 19.2. The van der Waals surface area contributed by atoms with Crippen molar-refractivity contribution in [2.24, 2.45) is 0 Å². The van der Waals surface area contributed by atoms with Gasteiger partial charge in [0.25, 0.3) is 0 Å². The Morgan fingerprint density at radius 3 is 2.26 bits per heavy atom. The van der Waals surface area contributed by atoms with E-state index in [0.29, 0.717) is 0 Å². The van der Waals surface area contributed by atoms with Gasteiger partial charge in [0, 0.05) is 37.0 Å². The standard InChI is InChI=1S/C25H30N2/c1-3-5-17-27(18-6-4-2)25-15-13-22-19-21(10-12-23(22)20-25)11-14-24-9-7-8-16-26-24/h7-16,19-20H,3-6,17-18H2,1-2H3/p+1/b14-11+. The quantitative estimate of drug-likeness (QED) is 0.442. The maximum absolute atomic E-state index is 3.24. The molecule has 27 heavy (non-hydrogen) atoms. The number of pyridine rings is 1. The van der Waals surface area contributed by atoms with Crippen molar-refractivity contribution < 1.29 is 4.98 Å². The molecular weight excluding hydrogens is 328 g/mol. The van der Waals surface area contributed by atoms with Gasteiger partial charge in [-0.15, -0.1) is 0 Å². The fourth-order valence-corrected chi connectivity index (χ4v) is 3.32. The van der Waals surface area contributed by atoms with Gasteiger partial charge in [0.2, 0.25) is 5.69 Å². The Kier molecular flexibility index (Phi) is 7.04. The lowest BCUT2D eigenvalue weighted by Gasteiger charge is -2.25. The molecule has 0 radical (unpaired) electrons. The summed E-state index contributed by atoms with van der Waals surface area (Å²) in [4.78, 5) is 5.78. The molecule has 0 fully saturated rings.